The number of hydrogen-bond acceptors (Lipinski definition) is 3. The van der Waals surface area contributed by atoms with E-state index in [4.69, 9.17) is 0 Å². The fraction of sp³-hybridized carbons (Fsp3) is 0.889. The smallest absolute Gasteiger partial charge is 0.150 e. The number of hydrogen-bond donors (Lipinski definition) is 0. The van der Waals surface area contributed by atoms with Crippen molar-refractivity contribution in [3.8, 4) is 0 Å². The maximum absolute atomic E-state index is 11.0. The predicted octanol–water partition coefficient (Wildman–Crippen LogP) is 1.43. The molecular weight excluding hydrogens is 188 g/mol. The van der Waals surface area contributed by atoms with Gasteiger partial charge in [-0.1, -0.05) is 20.3 Å². The van der Waals surface area contributed by atoms with E-state index >= 15 is 0 Å². The summed E-state index contributed by atoms with van der Waals surface area (Å²) in [6, 6.07) is 0. The fourth-order valence-corrected chi connectivity index (χ4v) is 1.93. The lowest BCUT2D eigenvalue weighted by Crippen LogP contribution is -2.08. The van der Waals surface area contributed by atoms with Crippen LogP contribution in [0.15, 0.2) is 0 Å². The standard InChI is InChI=1S/C9H18O3S/c1-3-13(11,12)7-5-4-6-9(2)8-10/h8-9H,3-7H2,1-2H3. The zero-order valence-corrected chi connectivity index (χ0v) is 9.14. The van der Waals surface area contributed by atoms with Crippen molar-refractivity contribution in [2.75, 3.05) is 11.5 Å². The van der Waals surface area contributed by atoms with E-state index in [0.29, 0.717) is 6.42 Å². The van der Waals surface area contributed by atoms with E-state index in [1.54, 1.807) is 6.92 Å². The van der Waals surface area contributed by atoms with Gasteiger partial charge in [0, 0.05) is 11.7 Å². The van der Waals surface area contributed by atoms with Gasteiger partial charge < -0.3 is 4.79 Å². The Balaban J connectivity index is 3.52. The van der Waals surface area contributed by atoms with Gasteiger partial charge in [0.2, 0.25) is 0 Å². The van der Waals surface area contributed by atoms with Crippen LogP contribution in [0, 0.1) is 5.92 Å². The van der Waals surface area contributed by atoms with Gasteiger partial charge in [0.25, 0.3) is 0 Å². The highest BCUT2D eigenvalue weighted by molar-refractivity contribution is 7.91. The van der Waals surface area contributed by atoms with Crippen molar-refractivity contribution < 1.29 is 13.2 Å². The monoisotopic (exact) mass is 206 g/mol. The Morgan fingerprint density at radius 2 is 1.92 bits per heavy atom. The lowest BCUT2D eigenvalue weighted by atomic mass is 10.1. The van der Waals surface area contributed by atoms with Gasteiger partial charge in [0.1, 0.15) is 16.1 Å². The maximum atomic E-state index is 11.0. The van der Waals surface area contributed by atoms with Gasteiger partial charge in [0.05, 0.1) is 5.75 Å². The van der Waals surface area contributed by atoms with Crippen LogP contribution in [0.1, 0.15) is 33.1 Å². The average Bonchev–Trinajstić information content (AvgIpc) is 2.12. The average molecular weight is 206 g/mol. The van der Waals surface area contributed by atoms with Crippen LogP contribution in [0.3, 0.4) is 0 Å². The molecule has 0 aromatic carbocycles. The Hall–Kier alpha value is -0.380. The first-order valence-electron chi connectivity index (χ1n) is 4.67. The highest BCUT2D eigenvalue weighted by atomic mass is 32.2. The van der Waals surface area contributed by atoms with Gasteiger partial charge in [0.15, 0.2) is 0 Å². The Morgan fingerprint density at radius 1 is 1.31 bits per heavy atom. The van der Waals surface area contributed by atoms with Crippen LogP contribution >= 0.6 is 0 Å². The summed E-state index contributed by atoms with van der Waals surface area (Å²) in [6.07, 6.45) is 3.20. The summed E-state index contributed by atoms with van der Waals surface area (Å²) < 4.78 is 22.1. The molecule has 0 N–H and O–H groups in total. The van der Waals surface area contributed by atoms with Crippen LogP contribution in [-0.4, -0.2) is 26.2 Å². The summed E-state index contributed by atoms with van der Waals surface area (Å²) in [6.45, 7) is 3.50. The molecule has 0 spiro atoms. The van der Waals surface area contributed by atoms with Crippen molar-refractivity contribution in [3.05, 3.63) is 0 Å². The van der Waals surface area contributed by atoms with Crippen LogP contribution < -0.4 is 0 Å². The van der Waals surface area contributed by atoms with Gasteiger partial charge in [-0.25, -0.2) is 8.42 Å². The van der Waals surface area contributed by atoms with Crippen LogP contribution in [0.2, 0.25) is 0 Å². The summed E-state index contributed by atoms with van der Waals surface area (Å²) in [4.78, 5) is 10.2. The molecule has 0 heterocycles. The molecule has 0 aliphatic rings. The van der Waals surface area contributed by atoms with Crippen molar-refractivity contribution in [1.82, 2.24) is 0 Å². The lowest BCUT2D eigenvalue weighted by Gasteiger charge is -2.03. The summed E-state index contributed by atoms with van der Waals surface area (Å²) in [5.41, 5.74) is 0. The van der Waals surface area contributed by atoms with Crippen molar-refractivity contribution >= 4 is 16.1 Å². The molecule has 0 aromatic rings. The lowest BCUT2D eigenvalue weighted by molar-refractivity contribution is -0.110. The maximum Gasteiger partial charge on any atom is 0.150 e. The highest BCUT2D eigenvalue weighted by Gasteiger charge is 2.07. The summed E-state index contributed by atoms with van der Waals surface area (Å²) in [5.74, 6) is 0.537. The molecule has 0 rings (SSSR count). The largest absolute Gasteiger partial charge is 0.303 e. The summed E-state index contributed by atoms with van der Waals surface area (Å²) in [5, 5.41) is 0. The number of aldehydes is 1. The third-order valence-corrected chi connectivity index (χ3v) is 3.83. The van der Waals surface area contributed by atoms with Crippen molar-refractivity contribution in [3.63, 3.8) is 0 Å². The van der Waals surface area contributed by atoms with E-state index in [1.165, 1.54) is 0 Å². The molecule has 0 aliphatic heterocycles. The number of unbranched alkanes of at least 4 members (excludes halogenated alkanes) is 1. The molecule has 0 fully saturated rings. The second-order valence-corrected chi connectivity index (χ2v) is 5.82. The zero-order valence-electron chi connectivity index (χ0n) is 8.32. The third-order valence-electron chi connectivity index (χ3n) is 2.04. The van der Waals surface area contributed by atoms with Gasteiger partial charge in [-0.05, 0) is 12.8 Å². The minimum atomic E-state index is -2.81. The van der Waals surface area contributed by atoms with E-state index in [9.17, 15) is 13.2 Å². The normalized spacial score (nSPS) is 14.0. The molecule has 4 heteroatoms. The van der Waals surface area contributed by atoms with Crippen LogP contribution in [0.4, 0.5) is 0 Å². The summed E-state index contributed by atoms with van der Waals surface area (Å²) >= 11 is 0. The first-order chi connectivity index (χ1) is 6.02. The molecule has 0 radical (unpaired) electrons. The Kier molecular flexibility index (Phi) is 5.95. The predicted molar refractivity (Wildman–Crippen MR) is 53.4 cm³/mol. The Morgan fingerprint density at radius 3 is 2.38 bits per heavy atom. The SMILES string of the molecule is CCS(=O)(=O)CCCCC(C)C=O. The molecule has 0 amide bonds. The molecule has 13 heavy (non-hydrogen) atoms. The third kappa shape index (κ3) is 6.75. The highest BCUT2D eigenvalue weighted by Crippen LogP contribution is 2.06. The van der Waals surface area contributed by atoms with Crippen LogP contribution in [0.5, 0.6) is 0 Å². The summed E-state index contributed by atoms with van der Waals surface area (Å²) in [7, 11) is -2.81. The second-order valence-electron chi connectivity index (χ2n) is 3.35. The van der Waals surface area contributed by atoms with E-state index in [1.807, 2.05) is 6.92 Å². The molecule has 78 valence electrons. The molecule has 1 atom stereocenters. The van der Waals surface area contributed by atoms with Gasteiger partial charge in [-0.2, -0.15) is 0 Å². The zero-order chi connectivity index (χ0) is 10.3. The molecule has 0 saturated carbocycles. The fourth-order valence-electron chi connectivity index (χ4n) is 1.00. The van der Waals surface area contributed by atoms with Crippen molar-refractivity contribution in [2.24, 2.45) is 5.92 Å². The molecule has 1 unspecified atom stereocenters. The molecule has 0 saturated heterocycles. The number of rotatable bonds is 7. The van der Waals surface area contributed by atoms with Crippen molar-refractivity contribution in [1.29, 1.82) is 0 Å². The molecule has 0 aliphatic carbocycles. The first kappa shape index (κ1) is 12.6. The van der Waals surface area contributed by atoms with Crippen molar-refractivity contribution in [2.45, 2.75) is 33.1 Å². The van der Waals surface area contributed by atoms with Crippen LogP contribution in [0.25, 0.3) is 0 Å². The van der Waals surface area contributed by atoms with Gasteiger partial charge in [-0.3, -0.25) is 0 Å². The minimum absolute atomic E-state index is 0.0596. The number of sulfone groups is 1. The Bertz CT molecular complexity index is 231. The topological polar surface area (TPSA) is 51.2 Å². The van der Waals surface area contributed by atoms with E-state index in [-0.39, 0.29) is 17.4 Å². The number of carbonyl (C=O) groups excluding carboxylic acids is 1. The van der Waals surface area contributed by atoms with Gasteiger partial charge >= 0.3 is 0 Å². The molecular formula is C9H18O3S. The van der Waals surface area contributed by atoms with E-state index < -0.39 is 9.84 Å². The molecule has 0 bridgehead atoms. The second kappa shape index (κ2) is 6.13. The molecule has 3 nitrogen and oxygen atoms in total. The molecule has 0 aromatic heterocycles. The first-order valence-corrected chi connectivity index (χ1v) is 6.49. The minimum Gasteiger partial charge on any atom is -0.303 e. The van der Waals surface area contributed by atoms with Gasteiger partial charge in [-0.15, -0.1) is 0 Å². The Labute approximate surface area is 80.4 Å². The quantitative estimate of drug-likeness (QED) is 0.467. The number of carbonyl (C=O) groups is 1. The van der Waals surface area contributed by atoms with E-state index in [0.717, 1.165) is 19.1 Å². The van der Waals surface area contributed by atoms with Crippen LogP contribution in [-0.2, 0) is 14.6 Å². The van der Waals surface area contributed by atoms with E-state index in [2.05, 4.69) is 0 Å².